The fourth-order valence-corrected chi connectivity index (χ4v) is 4.16. The molecule has 0 unspecified atom stereocenters. The van der Waals surface area contributed by atoms with Crippen LogP contribution in [0.3, 0.4) is 0 Å². The number of fused-ring (bicyclic) bond motifs is 1. The van der Waals surface area contributed by atoms with Gasteiger partial charge in [0.15, 0.2) is 0 Å². The highest BCUT2D eigenvalue weighted by atomic mass is 35.5. The van der Waals surface area contributed by atoms with Crippen molar-refractivity contribution in [3.05, 3.63) is 66.4 Å². The zero-order valence-electron chi connectivity index (χ0n) is 24.3. The monoisotopic (exact) mass is 729 g/mol. The lowest BCUT2D eigenvalue weighted by atomic mass is 10.0. The van der Waals surface area contributed by atoms with Gasteiger partial charge >= 0.3 is 6.36 Å². The molecule has 46 heavy (non-hydrogen) atoms. The van der Waals surface area contributed by atoms with E-state index in [1.54, 1.807) is 6.07 Å². The van der Waals surface area contributed by atoms with Crippen LogP contribution in [0.25, 0.3) is 10.9 Å². The Labute approximate surface area is 289 Å². The summed E-state index contributed by atoms with van der Waals surface area (Å²) in [5.41, 5.74) is 18.7. The minimum atomic E-state index is -4.85. The minimum absolute atomic E-state index is 0. The van der Waals surface area contributed by atoms with Crippen LogP contribution >= 0.6 is 0 Å². The van der Waals surface area contributed by atoms with Crippen LogP contribution < -0.4 is 82.2 Å². The molecule has 11 nitrogen and oxygen atoms in total. The molecular formula is C28H34Cl4F3N7O4-4. The van der Waals surface area contributed by atoms with Crippen molar-refractivity contribution >= 4 is 34.3 Å². The van der Waals surface area contributed by atoms with E-state index in [4.69, 9.17) is 17.2 Å². The molecule has 2 atom stereocenters. The van der Waals surface area contributed by atoms with E-state index in [2.05, 4.69) is 20.4 Å². The van der Waals surface area contributed by atoms with E-state index in [-0.39, 0.29) is 87.9 Å². The first kappa shape index (κ1) is 45.0. The normalized spacial score (nSPS) is 11.7. The van der Waals surface area contributed by atoms with Crippen LogP contribution in [-0.2, 0) is 20.8 Å². The Morgan fingerprint density at radius 3 is 2.11 bits per heavy atom. The van der Waals surface area contributed by atoms with Crippen LogP contribution in [-0.4, -0.2) is 72.2 Å². The highest BCUT2D eigenvalue weighted by molar-refractivity contribution is 5.99. The topological polar surface area (TPSA) is 179 Å². The van der Waals surface area contributed by atoms with Crippen LogP contribution in [0, 0.1) is 0 Å². The molecule has 0 spiro atoms. The van der Waals surface area contributed by atoms with Gasteiger partial charge in [0, 0.05) is 44.4 Å². The first-order valence-corrected chi connectivity index (χ1v) is 13.2. The highest BCUT2D eigenvalue weighted by Crippen LogP contribution is 2.23. The van der Waals surface area contributed by atoms with E-state index in [1.807, 2.05) is 24.3 Å². The van der Waals surface area contributed by atoms with E-state index < -0.39 is 36.0 Å². The third-order valence-corrected chi connectivity index (χ3v) is 6.24. The Bertz CT molecular complexity index is 1370. The molecule has 0 bridgehead atoms. The summed E-state index contributed by atoms with van der Waals surface area (Å²) in [6.45, 7) is 1.14. The molecule has 0 saturated heterocycles. The van der Waals surface area contributed by atoms with Crippen molar-refractivity contribution in [3.63, 3.8) is 0 Å². The van der Waals surface area contributed by atoms with Gasteiger partial charge in [0.05, 0.1) is 23.4 Å². The van der Waals surface area contributed by atoms with Crippen molar-refractivity contribution in [2.75, 3.05) is 31.5 Å². The number of para-hydroxylation sites is 1. The maximum absolute atomic E-state index is 13.3. The number of amides is 3. The number of benzene rings is 2. The summed E-state index contributed by atoms with van der Waals surface area (Å²) in [7, 11) is 0. The Balaban J connectivity index is 0. The smallest absolute Gasteiger partial charge is 0.573 e. The van der Waals surface area contributed by atoms with Crippen molar-refractivity contribution in [1.82, 2.24) is 15.2 Å². The van der Waals surface area contributed by atoms with Gasteiger partial charge in [-0.05, 0) is 36.2 Å². The van der Waals surface area contributed by atoms with Crippen LogP contribution in [0.4, 0.5) is 18.9 Å². The van der Waals surface area contributed by atoms with E-state index in [0.717, 1.165) is 23.0 Å². The average molecular weight is 731 g/mol. The second-order valence-electron chi connectivity index (χ2n) is 9.47. The minimum Gasteiger partial charge on any atom is -1.00 e. The molecule has 1 aromatic heterocycles. The number of aromatic nitrogens is 1. The SMILES string of the molecule is NCCN(CCN)C(=O)CC[C@H](N)C(=O)N[C@H](Cc1ccc(OC(F)(F)F)cc1)C(=O)Nc1cnc2ccccc2c1.[Cl-].[Cl-].[Cl-].[Cl-]. The van der Waals surface area contributed by atoms with Gasteiger partial charge in [-0.2, -0.15) is 0 Å². The predicted octanol–water partition coefficient (Wildman–Crippen LogP) is -10.3. The zero-order valence-corrected chi connectivity index (χ0v) is 27.3. The van der Waals surface area contributed by atoms with Gasteiger partial charge in [-0.15, -0.1) is 13.2 Å². The number of ether oxygens (including phenoxy) is 1. The Morgan fingerprint density at radius 1 is 0.913 bits per heavy atom. The van der Waals surface area contributed by atoms with Crippen LogP contribution in [0.1, 0.15) is 18.4 Å². The maximum atomic E-state index is 13.3. The van der Waals surface area contributed by atoms with Gasteiger partial charge < -0.3 is 87.1 Å². The molecule has 3 aromatic rings. The number of halogens is 7. The van der Waals surface area contributed by atoms with Crippen molar-refractivity contribution in [3.8, 4) is 5.75 Å². The van der Waals surface area contributed by atoms with E-state index in [9.17, 15) is 27.6 Å². The second kappa shape index (κ2) is 21.6. The van der Waals surface area contributed by atoms with Crippen LogP contribution in [0.2, 0.25) is 0 Å². The number of nitrogens with two attached hydrogens (primary N) is 3. The van der Waals surface area contributed by atoms with Gasteiger partial charge in [-0.25, -0.2) is 0 Å². The van der Waals surface area contributed by atoms with Gasteiger partial charge in [0.25, 0.3) is 0 Å². The van der Waals surface area contributed by atoms with Gasteiger partial charge in [-0.3, -0.25) is 19.4 Å². The van der Waals surface area contributed by atoms with E-state index in [0.29, 0.717) is 24.3 Å². The Kier molecular flexibility index (Phi) is 21.2. The summed E-state index contributed by atoms with van der Waals surface area (Å²) in [5.74, 6) is -1.96. The fourth-order valence-electron chi connectivity index (χ4n) is 4.16. The quantitative estimate of drug-likeness (QED) is 0.109. The largest absolute Gasteiger partial charge is 1.00 e. The molecule has 3 rings (SSSR count). The predicted molar refractivity (Wildman–Crippen MR) is 151 cm³/mol. The zero-order chi connectivity index (χ0) is 30.7. The number of pyridine rings is 1. The molecule has 0 fully saturated rings. The maximum Gasteiger partial charge on any atom is 0.573 e. The lowest BCUT2D eigenvalue weighted by Crippen LogP contribution is -3.00. The summed E-state index contributed by atoms with van der Waals surface area (Å²) in [6, 6.07) is 11.7. The summed E-state index contributed by atoms with van der Waals surface area (Å²) >= 11 is 0. The average Bonchev–Trinajstić information content (AvgIpc) is 2.95. The number of nitrogens with zero attached hydrogens (tertiary/aromatic N) is 2. The number of nitrogens with one attached hydrogen (secondary N) is 2. The number of alkyl halides is 3. The third-order valence-electron chi connectivity index (χ3n) is 6.24. The molecule has 258 valence electrons. The van der Waals surface area contributed by atoms with Crippen molar-refractivity contribution in [2.24, 2.45) is 17.2 Å². The van der Waals surface area contributed by atoms with Crippen molar-refractivity contribution in [2.45, 2.75) is 37.7 Å². The first-order chi connectivity index (χ1) is 20.0. The molecule has 8 N–H and O–H groups in total. The number of hydrogen-bond acceptors (Lipinski definition) is 8. The molecule has 0 aliphatic carbocycles. The Hall–Kier alpha value is -3.11. The number of anilines is 1. The van der Waals surface area contributed by atoms with E-state index in [1.165, 1.54) is 23.2 Å². The molecule has 0 saturated carbocycles. The van der Waals surface area contributed by atoms with Gasteiger partial charge in [0.2, 0.25) is 17.7 Å². The molecule has 0 radical (unpaired) electrons. The third kappa shape index (κ3) is 14.5. The van der Waals surface area contributed by atoms with E-state index >= 15 is 0 Å². The van der Waals surface area contributed by atoms with Gasteiger partial charge in [0.1, 0.15) is 11.8 Å². The second-order valence-corrected chi connectivity index (χ2v) is 9.47. The number of carbonyl (C=O) groups is 3. The molecular weight excluding hydrogens is 697 g/mol. The summed E-state index contributed by atoms with van der Waals surface area (Å²) in [5, 5.41) is 6.10. The fraction of sp³-hybridized carbons (Fsp3) is 0.357. The molecule has 18 heteroatoms. The van der Waals surface area contributed by atoms with Crippen molar-refractivity contribution in [1.29, 1.82) is 0 Å². The summed E-state index contributed by atoms with van der Waals surface area (Å²) in [4.78, 5) is 44.6. The van der Waals surface area contributed by atoms with Gasteiger partial charge in [-0.1, -0.05) is 30.3 Å². The molecule has 0 aliphatic heterocycles. The highest BCUT2D eigenvalue weighted by Gasteiger charge is 2.31. The number of hydrogen-bond donors (Lipinski definition) is 5. The number of rotatable bonds is 14. The number of carbonyl (C=O) groups excluding carboxylic acids is 3. The lowest BCUT2D eigenvalue weighted by Gasteiger charge is -2.23. The standard InChI is InChI=1S/C28H34F3N7O4.4ClH/c29-28(30,31)42-21-7-5-18(6-8-21)15-24(27(41)36-20-16-19-3-1-2-4-23(19)35-17-20)37-26(40)22(34)9-10-25(39)38(13-11-32)14-12-33;;;;/h1-8,16-17,22,24H,9-15,32-34H2,(H,36,41)(H,37,40);4*1H/p-4/t22-,24+;;;;/m0..../s1. The lowest BCUT2D eigenvalue weighted by molar-refractivity contribution is -0.274. The summed E-state index contributed by atoms with van der Waals surface area (Å²) < 4.78 is 41.5. The summed E-state index contributed by atoms with van der Waals surface area (Å²) in [6.07, 6.45) is -3.49. The molecule has 2 aromatic carbocycles. The Morgan fingerprint density at radius 2 is 1.52 bits per heavy atom. The molecule has 1 heterocycles. The first-order valence-electron chi connectivity index (χ1n) is 13.2. The molecule has 0 aliphatic rings. The molecule has 3 amide bonds. The van der Waals surface area contributed by atoms with Crippen LogP contribution in [0.5, 0.6) is 5.75 Å². The van der Waals surface area contributed by atoms with Crippen LogP contribution in [0.15, 0.2) is 60.8 Å². The van der Waals surface area contributed by atoms with Crippen molar-refractivity contribution < 1.29 is 81.9 Å².